The summed E-state index contributed by atoms with van der Waals surface area (Å²) in [6.07, 6.45) is 3.20. The first-order valence-corrected chi connectivity index (χ1v) is 13.1. The van der Waals surface area contributed by atoms with Crippen molar-refractivity contribution >= 4 is 34.2 Å². The van der Waals surface area contributed by atoms with E-state index in [1.807, 2.05) is 6.07 Å². The second-order valence-corrected chi connectivity index (χ2v) is 9.69. The number of anilines is 1. The smallest absolute Gasteiger partial charge is 0.319 e. The molecule has 0 radical (unpaired) electrons. The van der Waals surface area contributed by atoms with Gasteiger partial charge >= 0.3 is 6.03 Å². The van der Waals surface area contributed by atoms with Crippen LogP contribution >= 0.6 is 11.6 Å². The van der Waals surface area contributed by atoms with Crippen LogP contribution < -0.4 is 24.8 Å². The lowest BCUT2D eigenvalue weighted by molar-refractivity contribution is 0.190. The number of amides is 2. The molecule has 1 fully saturated rings. The maximum atomic E-state index is 12.7. The molecule has 9 nitrogen and oxygen atoms in total. The van der Waals surface area contributed by atoms with Gasteiger partial charge in [-0.25, -0.2) is 14.8 Å². The number of rotatable bonds is 8. The minimum Gasteiger partial charge on any atom is -0.493 e. The zero-order valence-corrected chi connectivity index (χ0v) is 22.6. The fraction of sp³-hybridized carbons (Fsp3) is 0.276. The van der Waals surface area contributed by atoms with Crippen LogP contribution in [0.3, 0.4) is 0 Å². The first-order valence-electron chi connectivity index (χ1n) is 12.7. The first kappa shape index (κ1) is 26.5. The molecule has 202 valence electrons. The normalized spacial score (nSPS) is 14.1. The molecule has 0 spiro atoms. The Morgan fingerprint density at radius 2 is 1.74 bits per heavy atom. The number of benzene rings is 3. The van der Waals surface area contributed by atoms with Crippen molar-refractivity contribution < 1.29 is 19.0 Å². The van der Waals surface area contributed by atoms with Crippen molar-refractivity contribution in [3.63, 3.8) is 0 Å². The van der Waals surface area contributed by atoms with Crippen LogP contribution in [0, 0.1) is 0 Å². The second-order valence-electron chi connectivity index (χ2n) is 9.28. The van der Waals surface area contributed by atoms with Crippen molar-refractivity contribution in [1.29, 1.82) is 0 Å². The van der Waals surface area contributed by atoms with Crippen LogP contribution in [0.2, 0.25) is 5.02 Å². The monoisotopic (exact) mass is 547 g/mol. The number of hydrogen-bond donors (Lipinski definition) is 2. The number of ether oxygens (including phenoxy) is 3. The topological polar surface area (TPSA) is 97.8 Å². The Morgan fingerprint density at radius 3 is 2.46 bits per heavy atom. The summed E-state index contributed by atoms with van der Waals surface area (Å²) in [5.41, 5.74) is 2.43. The van der Waals surface area contributed by atoms with E-state index in [1.165, 1.54) is 11.9 Å². The predicted octanol–water partition coefficient (Wildman–Crippen LogP) is 5.88. The maximum Gasteiger partial charge on any atom is 0.319 e. The Hall–Kier alpha value is -4.08. The lowest BCUT2D eigenvalue weighted by Crippen LogP contribution is -2.45. The molecule has 2 heterocycles. The van der Waals surface area contributed by atoms with E-state index in [0.717, 1.165) is 32.5 Å². The summed E-state index contributed by atoms with van der Waals surface area (Å²) < 4.78 is 16.8. The van der Waals surface area contributed by atoms with Gasteiger partial charge in [0, 0.05) is 37.8 Å². The summed E-state index contributed by atoms with van der Waals surface area (Å²) in [7, 11) is 3.13. The molecule has 0 aliphatic carbocycles. The van der Waals surface area contributed by atoms with Gasteiger partial charge < -0.3 is 24.8 Å². The highest BCUT2D eigenvalue weighted by atomic mass is 35.5. The summed E-state index contributed by atoms with van der Waals surface area (Å²) >= 11 is 6.49. The lowest BCUT2D eigenvalue weighted by atomic mass is 10.0. The number of carbonyl (C=O) groups excluding carboxylic acids is 1. The number of hydrogen-bond acceptors (Lipinski definition) is 7. The van der Waals surface area contributed by atoms with Crippen molar-refractivity contribution in [2.75, 3.05) is 32.6 Å². The number of urea groups is 1. The van der Waals surface area contributed by atoms with Gasteiger partial charge in [0.2, 0.25) is 5.88 Å². The molecular formula is C29H30ClN5O4. The molecule has 0 saturated carbocycles. The fourth-order valence-electron chi connectivity index (χ4n) is 4.63. The van der Waals surface area contributed by atoms with Crippen LogP contribution in [0.25, 0.3) is 10.9 Å². The van der Waals surface area contributed by atoms with Gasteiger partial charge in [0.25, 0.3) is 0 Å². The van der Waals surface area contributed by atoms with Crippen LogP contribution in [0.1, 0.15) is 18.4 Å². The molecule has 3 aromatic carbocycles. The zero-order valence-electron chi connectivity index (χ0n) is 21.8. The van der Waals surface area contributed by atoms with E-state index in [1.54, 1.807) is 44.6 Å². The quantitative estimate of drug-likeness (QED) is 0.284. The highest BCUT2D eigenvalue weighted by molar-refractivity contribution is 6.33. The summed E-state index contributed by atoms with van der Waals surface area (Å²) in [5, 5.41) is 6.92. The van der Waals surface area contributed by atoms with Gasteiger partial charge in [-0.05, 0) is 36.6 Å². The highest BCUT2D eigenvalue weighted by Gasteiger charge is 2.21. The largest absolute Gasteiger partial charge is 0.493 e. The molecule has 0 atom stereocenters. The van der Waals surface area contributed by atoms with Gasteiger partial charge in [-0.1, -0.05) is 41.9 Å². The molecule has 2 N–H and O–H groups in total. The molecule has 1 aliphatic heterocycles. The van der Waals surface area contributed by atoms with E-state index in [2.05, 4.69) is 49.8 Å². The van der Waals surface area contributed by atoms with Crippen molar-refractivity contribution in [3.05, 3.63) is 77.6 Å². The molecule has 0 unspecified atom stereocenters. The van der Waals surface area contributed by atoms with E-state index in [4.69, 9.17) is 25.8 Å². The van der Waals surface area contributed by atoms with Crippen LogP contribution in [-0.4, -0.2) is 54.2 Å². The Bertz CT molecular complexity index is 1440. The third kappa shape index (κ3) is 6.50. The number of piperidine rings is 1. The van der Waals surface area contributed by atoms with Gasteiger partial charge in [0.15, 0.2) is 11.5 Å². The Kier molecular flexibility index (Phi) is 8.29. The molecule has 10 heteroatoms. The van der Waals surface area contributed by atoms with Gasteiger partial charge in [-0.15, -0.1) is 0 Å². The molecule has 39 heavy (non-hydrogen) atoms. The summed E-state index contributed by atoms with van der Waals surface area (Å²) in [5.74, 6) is 1.90. The summed E-state index contributed by atoms with van der Waals surface area (Å²) in [4.78, 5) is 23.7. The van der Waals surface area contributed by atoms with Gasteiger partial charge in [-0.3, -0.25) is 4.90 Å². The molecule has 1 aliphatic rings. The Morgan fingerprint density at radius 1 is 1.00 bits per heavy atom. The molecule has 5 rings (SSSR count). The predicted molar refractivity (Wildman–Crippen MR) is 151 cm³/mol. The number of aromatic nitrogens is 2. The van der Waals surface area contributed by atoms with Crippen LogP contribution in [0.5, 0.6) is 23.1 Å². The van der Waals surface area contributed by atoms with Crippen molar-refractivity contribution in [3.8, 4) is 23.1 Å². The number of nitrogens with one attached hydrogen (secondary N) is 2. The number of halogens is 1. The van der Waals surface area contributed by atoms with E-state index < -0.39 is 0 Å². The standard InChI is InChI=1S/C29H30ClN5O4/c1-37-26-15-22-25(16-27(26)38-2)31-18-32-28(22)39-21-8-9-24(23(30)14-21)34-29(36)33-20-10-12-35(13-11-20)17-19-6-4-3-5-7-19/h3-9,14-16,18,20H,10-13,17H2,1-2H3,(H2,33,34,36). The van der Waals surface area contributed by atoms with Gasteiger partial charge in [-0.2, -0.15) is 0 Å². The van der Waals surface area contributed by atoms with Gasteiger partial charge in [0.05, 0.1) is 35.8 Å². The number of carbonyl (C=O) groups is 1. The van der Waals surface area contributed by atoms with Crippen LogP contribution in [0.4, 0.5) is 10.5 Å². The van der Waals surface area contributed by atoms with E-state index in [-0.39, 0.29) is 12.1 Å². The number of nitrogens with zero attached hydrogens (tertiary/aromatic N) is 3. The lowest BCUT2D eigenvalue weighted by Gasteiger charge is -2.32. The molecular weight excluding hydrogens is 518 g/mol. The van der Waals surface area contributed by atoms with Crippen molar-refractivity contribution in [1.82, 2.24) is 20.2 Å². The third-order valence-corrected chi connectivity index (χ3v) is 6.99. The third-order valence-electron chi connectivity index (χ3n) is 6.68. The Balaban J connectivity index is 1.18. The minimum atomic E-state index is -0.282. The van der Waals surface area contributed by atoms with E-state index in [9.17, 15) is 4.79 Å². The summed E-state index contributed by atoms with van der Waals surface area (Å²) in [6, 6.07) is 18.8. The first-order chi connectivity index (χ1) is 19.0. The van der Waals surface area contributed by atoms with Crippen molar-refractivity contribution in [2.45, 2.75) is 25.4 Å². The summed E-state index contributed by atoms with van der Waals surface area (Å²) in [6.45, 7) is 2.79. The van der Waals surface area contributed by atoms with E-state index in [0.29, 0.717) is 44.7 Å². The zero-order chi connectivity index (χ0) is 27.2. The van der Waals surface area contributed by atoms with Crippen molar-refractivity contribution in [2.24, 2.45) is 0 Å². The number of fused-ring (bicyclic) bond motifs is 1. The second kappa shape index (κ2) is 12.2. The Labute approximate surface area is 232 Å². The van der Waals surface area contributed by atoms with Crippen LogP contribution in [0.15, 0.2) is 67.0 Å². The van der Waals surface area contributed by atoms with Gasteiger partial charge in [0.1, 0.15) is 12.1 Å². The number of likely N-dealkylation sites (tertiary alicyclic amines) is 1. The molecule has 2 amide bonds. The maximum absolute atomic E-state index is 12.7. The molecule has 0 bridgehead atoms. The molecule has 1 aromatic heterocycles. The highest BCUT2D eigenvalue weighted by Crippen LogP contribution is 2.36. The van der Waals surface area contributed by atoms with Crippen LogP contribution in [-0.2, 0) is 6.54 Å². The van der Waals surface area contributed by atoms with E-state index >= 15 is 0 Å². The average Bonchev–Trinajstić information content (AvgIpc) is 2.95. The molecule has 4 aromatic rings. The molecule has 1 saturated heterocycles. The average molecular weight is 548 g/mol. The number of methoxy groups -OCH3 is 2. The fourth-order valence-corrected chi connectivity index (χ4v) is 4.85. The SMILES string of the molecule is COc1cc2ncnc(Oc3ccc(NC(=O)NC4CCN(Cc5ccccc5)CC4)c(Cl)c3)c2cc1OC. The minimum absolute atomic E-state index is 0.111.